The van der Waals surface area contributed by atoms with Crippen LogP contribution in [0.2, 0.25) is 0 Å². The van der Waals surface area contributed by atoms with Gasteiger partial charge in [0.1, 0.15) is 10.9 Å². The molecule has 1 aliphatic rings. The average molecular weight is 331 g/mol. The number of hydrogen-bond donors (Lipinski definition) is 0. The standard InChI is InChI=1S/C16H21N5OS/c1-11-13(15(23-3)19-14(18-11)12-5-6-12)16(22)20(2)9-10-21-8-4-7-17-21/h4,7-8,12H,5-6,9-10H2,1-3H3. The molecule has 6 nitrogen and oxygen atoms in total. The van der Waals surface area contributed by atoms with E-state index in [-0.39, 0.29) is 5.91 Å². The van der Waals surface area contributed by atoms with E-state index >= 15 is 0 Å². The molecule has 2 aromatic heterocycles. The first kappa shape index (κ1) is 16.0. The summed E-state index contributed by atoms with van der Waals surface area (Å²) in [6.07, 6.45) is 7.90. The highest BCUT2D eigenvalue weighted by Crippen LogP contribution is 2.39. The number of thioether (sulfide) groups is 1. The summed E-state index contributed by atoms with van der Waals surface area (Å²) in [4.78, 5) is 23.7. The minimum absolute atomic E-state index is 0.0265. The minimum Gasteiger partial charge on any atom is -0.340 e. The topological polar surface area (TPSA) is 63.9 Å². The fraction of sp³-hybridized carbons (Fsp3) is 0.500. The Bertz CT molecular complexity index is 697. The highest BCUT2D eigenvalue weighted by Gasteiger charge is 2.29. The van der Waals surface area contributed by atoms with Gasteiger partial charge in [-0.1, -0.05) is 0 Å². The quantitative estimate of drug-likeness (QED) is 0.600. The Morgan fingerprint density at radius 2 is 2.22 bits per heavy atom. The molecule has 122 valence electrons. The van der Waals surface area contributed by atoms with Crippen molar-refractivity contribution >= 4 is 17.7 Å². The summed E-state index contributed by atoms with van der Waals surface area (Å²) in [5.41, 5.74) is 1.41. The van der Waals surface area contributed by atoms with Gasteiger partial charge in [0, 0.05) is 31.9 Å². The SMILES string of the molecule is CSc1nc(C2CC2)nc(C)c1C(=O)N(C)CCn1cccn1. The summed E-state index contributed by atoms with van der Waals surface area (Å²) < 4.78 is 1.82. The van der Waals surface area contributed by atoms with Gasteiger partial charge in [-0.3, -0.25) is 9.48 Å². The maximum absolute atomic E-state index is 12.8. The summed E-state index contributed by atoms with van der Waals surface area (Å²) in [6.45, 7) is 3.17. The van der Waals surface area contributed by atoms with Gasteiger partial charge in [0.25, 0.3) is 5.91 Å². The van der Waals surface area contributed by atoms with E-state index in [4.69, 9.17) is 0 Å². The molecule has 1 aliphatic carbocycles. The van der Waals surface area contributed by atoms with Crippen molar-refractivity contribution in [2.75, 3.05) is 19.8 Å². The van der Waals surface area contributed by atoms with Gasteiger partial charge >= 0.3 is 0 Å². The van der Waals surface area contributed by atoms with Crippen LogP contribution in [-0.4, -0.2) is 50.4 Å². The Balaban J connectivity index is 1.77. The fourth-order valence-electron chi connectivity index (χ4n) is 2.46. The van der Waals surface area contributed by atoms with Crippen LogP contribution in [0, 0.1) is 6.92 Å². The summed E-state index contributed by atoms with van der Waals surface area (Å²) in [5.74, 6) is 1.35. The maximum atomic E-state index is 12.8. The number of carbonyl (C=O) groups is 1. The predicted molar refractivity (Wildman–Crippen MR) is 89.7 cm³/mol. The van der Waals surface area contributed by atoms with Gasteiger partial charge in [-0.2, -0.15) is 5.10 Å². The number of rotatable bonds is 6. The third-order valence-corrected chi connectivity index (χ3v) is 4.68. The van der Waals surface area contributed by atoms with Gasteiger partial charge in [0.05, 0.1) is 17.8 Å². The lowest BCUT2D eigenvalue weighted by atomic mass is 10.2. The lowest BCUT2D eigenvalue weighted by Crippen LogP contribution is -2.31. The largest absolute Gasteiger partial charge is 0.340 e. The molecule has 1 amide bonds. The number of amides is 1. The summed E-state index contributed by atoms with van der Waals surface area (Å²) >= 11 is 1.51. The molecule has 0 saturated heterocycles. The Morgan fingerprint density at radius 1 is 1.43 bits per heavy atom. The molecule has 3 rings (SSSR count). The van der Waals surface area contributed by atoms with Crippen molar-refractivity contribution < 1.29 is 4.79 Å². The van der Waals surface area contributed by atoms with E-state index in [0.29, 0.717) is 24.6 Å². The normalized spacial score (nSPS) is 14.0. The molecule has 0 radical (unpaired) electrons. The summed E-state index contributed by atoms with van der Waals surface area (Å²) in [6, 6.07) is 1.88. The van der Waals surface area contributed by atoms with Crippen LogP contribution in [0.15, 0.2) is 23.5 Å². The lowest BCUT2D eigenvalue weighted by Gasteiger charge is -2.19. The van der Waals surface area contributed by atoms with Gasteiger partial charge in [0.15, 0.2) is 0 Å². The van der Waals surface area contributed by atoms with Crippen LogP contribution in [-0.2, 0) is 6.54 Å². The second-order valence-electron chi connectivity index (χ2n) is 5.82. The highest BCUT2D eigenvalue weighted by atomic mass is 32.2. The van der Waals surface area contributed by atoms with Gasteiger partial charge < -0.3 is 4.90 Å². The molecule has 0 aliphatic heterocycles. The van der Waals surface area contributed by atoms with E-state index in [0.717, 1.165) is 29.4 Å². The Kier molecular flexibility index (Phi) is 4.66. The molecule has 1 fully saturated rings. The second kappa shape index (κ2) is 6.70. The molecule has 0 unspecified atom stereocenters. The molecule has 0 N–H and O–H groups in total. The van der Waals surface area contributed by atoms with Crippen LogP contribution in [0.3, 0.4) is 0 Å². The Labute approximate surface area is 140 Å². The molecule has 23 heavy (non-hydrogen) atoms. The zero-order valence-corrected chi connectivity index (χ0v) is 14.5. The number of likely N-dealkylation sites (N-methyl/N-ethyl adjacent to an activating group) is 1. The van der Waals surface area contributed by atoms with Crippen LogP contribution in [0.1, 0.15) is 40.6 Å². The van der Waals surface area contributed by atoms with Gasteiger partial charge in [0.2, 0.25) is 0 Å². The zero-order chi connectivity index (χ0) is 16.4. The molecular weight excluding hydrogens is 310 g/mol. The maximum Gasteiger partial charge on any atom is 0.258 e. The van der Waals surface area contributed by atoms with E-state index in [1.165, 1.54) is 11.8 Å². The molecule has 0 atom stereocenters. The molecular formula is C16H21N5OS. The van der Waals surface area contributed by atoms with Crippen LogP contribution in [0.5, 0.6) is 0 Å². The first-order chi connectivity index (χ1) is 11.1. The van der Waals surface area contributed by atoms with Crippen molar-refractivity contribution in [1.82, 2.24) is 24.6 Å². The molecule has 0 aromatic carbocycles. The number of aromatic nitrogens is 4. The second-order valence-corrected chi connectivity index (χ2v) is 6.62. The molecule has 0 bridgehead atoms. The van der Waals surface area contributed by atoms with Gasteiger partial charge in [-0.15, -0.1) is 11.8 Å². The van der Waals surface area contributed by atoms with E-state index < -0.39 is 0 Å². The first-order valence-electron chi connectivity index (χ1n) is 7.75. The Hall–Kier alpha value is -1.89. The van der Waals surface area contributed by atoms with Crippen molar-refractivity contribution in [3.05, 3.63) is 35.5 Å². The molecule has 2 heterocycles. The van der Waals surface area contributed by atoms with Crippen molar-refractivity contribution in [2.24, 2.45) is 0 Å². The van der Waals surface area contributed by atoms with Crippen LogP contribution >= 0.6 is 11.8 Å². The molecule has 0 spiro atoms. The lowest BCUT2D eigenvalue weighted by molar-refractivity contribution is 0.0783. The number of aryl methyl sites for hydroxylation is 1. The fourth-order valence-corrected chi connectivity index (χ4v) is 3.09. The number of carbonyl (C=O) groups excluding carboxylic acids is 1. The van der Waals surface area contributed by atoms with Crippen molar-refractivity contribution in [3.63, 3.8) is 0 Å². The molecule has 7 heteroatoms. The van der Waals surface area contributed by atoms with Crippen molar-refractivity contribution in [3.8, 4) is 0 Å². The number of hydrogen-bond acceptors (Lipinski definition) is 5. The third-order valence-electron chi connectivity index (χ3n) is 3.99. The third kappa shape index (κ3) is 3.55. The van der Waals surface area contributed by atoms with Crippen LogP contribution < -0.4 is 0 Å². The van der Waals surface area contributed by atoms with Crippen LogP contribution in [0.25, 0.3) is 0 Å². The van der Waals surface area contributed by atoms with Crippen molar-refractivity contribution in [1.29, 1.82) is 0 Å². The van der Waals surface area contributed by atoms with E-state index in [2.05, 4.69) is 15.1 Å². The monoisotopic (exact) mass is 331 g/mol. The average Bonchev–Trinajstić information content (AvgIpc) is 3.27. The van der Waals surface area contributed by atoms with Crippen molar-refractivity contribution in [2.45, 2.75) is 37.3 Å². The molecule has 1 saturated carbocycles. The van der Waals surface area contributed by atoms with Gasteiger partial charge in [-0.25, -0.2) is 9.97 Å². The zero-order valence-electron chi connectivity index (χ0n) is 13.7. The summed E-state index contributed by atoms with van der Waals surface area (Å²) in [5, 5.41) is 4.95. The van der Waals surface area contributed by atoms with E-state index in [9.17, 15) is 4.79 Å². The minimum atomic E-state index is -0.0265. The van der Waals surface area contributed by atoms with Gasteiger partial charge in [-0.05, 0) is 32.1 Å². The number of nitrogens with zero attached hydrogens (tertiary/aromatic N) is 5. The highest BCUT2D eigenvalue weighted by molar-refractivity contribution is 7.98. The first-order valence-corrected chi connectivity index (χ1v) is 8.98. The van der Waals surface area contributed by atoms with E-state index in [1.54, 1.807) is 11.1 Å². The summed E-state index contributed by atoms with van der Waals surface area (Å²) in [7, 11) is 1.81. The molecule has 2 aromatic rings. The van der Waals surface area contributed by atoms with E-state index in [1.807, 2.05) is 37.2 Å². The smallest absolute Gasteiger partial charge is 0.258 e. The predicted octanol–water partition coefficient (Wildman–Crippen LogP) is 2.35. The van der Waals surface area contributed by atoms with Crippen LogP contribution in [0.4, 0.5) is 0 Å². The Morgan fingerprint density at radius 3 is 2.83 bits per heavy atom.